The van der Waals surface area contributed by atoms with E-state index in [0.29, 0.717) is 19.4 Å². The van der Waals surface area contributed by atoms with Gasteiger partial charge >= 0.3 is 6.18 Å². The molecule has 1 saturated carbocycles. The third-order valence-corrected chi connectivity index (χ3v) is 5.60. The van der Waals surface area contributed by atoms with Crippen molar-refractivity contribution >= 4 is 11.3 Å². The number of rotatable bonds is 5. The summed E-state index contributed by atoms with van der Waals surface area (Å²) in [6, 6.07) is 4.07. The maximum atomic E-state index is 12.8. The quantitative estimate of drug-likeness (QED) is 0.888. The molecular formula is C15H23F3N2S. The van der Waals surface area contributed by atoms with Crippen LogP contribution in [-0.2, 0) is 6.54 Å². The summed E-state index contributed by atoms with van der Waals surface area (Å²) in [5.41, 5.74) is 5.70. The first-order chi connectivity index (χ1) is 9.91. The van der Waals surface area contributed by atoms with Crippen LogP contribution < -0.4 is 5.73 Å². The Kier molecular flexibility index (Phi) is 5.33. The highest BCUT2D eigenvalue weighted by molar-refractivity contribution is 7.09. The molecule has 6 heteroatoms. The van der Waals surface area contributed by atoms with E-state index < -0.39 is 12.1 Å². The Labute approximate surface area is 128 Å². The lowest BCUT2D eigenvalue weighted by Gasteiger charge is -2.47. The summed E-state index contributed by atoms with van der Waals surface area (Å²) < 4.78 is 38.5. The second kappa shape index (κ2) is 6.67. The first-order valence-corrected chi connectivity index (χ1v) is 8.33. The molecule has 1 fully saturated rings. The molecule has 1 aliphatic carbocycles. The molecule has 1 aromatic rings. The summed E-state index contributed by atoms with van der Waals surface area (Å²) in [6.45, 7) is 4.07. The smallest absolute Gasteiger partial charge is 0.329 e. The molecule has 0 bridgehead atoms. The molecule has 0 atom stereocenters. The Morgan fingerprint density at radius 2 is 2.05 bits per heavy atom. The molecule has 1 aliphatic rings. The first-order valence-electron chi connectivity index (χ1n) is 7.45. The van der Waals surface area contributed by atoms with Crippen LogP contribution >= 0.6 is 11.3 Å². The van der Waals surface area contributed by atoms with Gasteiger partial charge in [-0.2, -0.15) is 13.2 Å². The number of nitrogens with two attached hydrogens (primary N) is 1. The van der Waals surface area contributed by atoms with Gasteiger partial charge in [-0.25, -0.2) is 0 Å². The second-order valence-corrected chi connectivity index (χ2v) is 6.87. The fourth-order valence-corrected chi connectivity index (χ4v) is 4.06. The van der Waals surface area contributed by atoms with Crippen LogP contribution in [0.1, 0.15) is 37.5 Å². The molecule has 21 heavy (non-hydrogen) atoms. The van der Waals surface area contributed by atoms with Gasteiger partial charge in [-0.15, -0.1) is 11.3 Å². The van der Waals surface area contributed by atoms with E-state index in [9.17, 15) is 13.2 Å². The van der Waals surface area contributed by atoms with Crippen molar-refractivity contribution in [1.82, 2.24) is 4.90 Å². The summed E-state index contributed by atoms with van der Waals surface area (Å²) in [5.74, 6) is -1.15. The Morgan fingerprint density at radius 1 is 1.38 bits per heavy atom. The SMILES string of the molecule is CCN(Cc1cccs1)C1(CN)CCC(C(F)(F)F)CC1. The molecule has 0 aromatic carbocycles. The molecule has 0 spiro atoms. The van der Waals surface area contributed by atoms with Gasteiger partial charge in [0.25, 0.3) is 0 Å². The standard InChI is InChI=1S/C15H23F3N2S/c1-2-20(10-13-4-3-9-21-13)14(11-19)7-5-12(6-8-14)15(16,17)18/h3-4,9,12H,2,5-8,10-11,19H2,1H3. The van der Waals surface area contributed by atoms with Crippen LogP contribution in [0.4, 0.5) is 13.2 Å². The predicted molar refractivity (Wildman–Crippen MR) is 80.2 cm³/mol. The minimum absolute atomic E-state index is 0.196. The minimum Gasteiger partial charge on any atom is -0.329 e. The van der Waals surface area contributed by atoms with Gasteiger partial charge in [0.2, 0.25) is 0 Å². The van der Waals surface area contributed by atoms with Crippen molar-refractivity contribution in [3.05, 3.63) is 22.4 Å². The molecule has 1 aromatic heterocycles. The van der Waals surface area contributed by atoms with Gasteiger partial charge in [-0.05, 0) is 43.7 Å². The van der Waals surface area contributed by atoms with E-state index in [-0.39, 0.29) is 18.4 Å². The van der Waals surface area contributed by atoms with Crippen LogP contribution in [-0.4, -0.2) is 29.7 Å². The summed E-state index contributed by atoms with van der Waals surface area (Å²) in [7, 11) is 0. The van der Waals surface area contributed by atoms with Gasteiger partial charge in [0.05, 0.1) is 5.92 Å². The monoisotopic (exact) mass is 320 g/mol. The highest BCUT2D eigenvalue weighted by Gasteiger charge is 2.47. The van der Waals surface area contributed by atoms with Crippen molar-refractivity contribution in [3.8, 4) is 0 Å². The van der Waals surface area contributed by atoms with Gasteiger partial charge < -0.3 is 5.73 Å². The third-order valence-electron chi connectivity index (χ3n) is 4.74. The van der Waals surface area contributed by atoms with E-state index in [2.05, 4.69) is 17.9 Å². The van der Waals surface area contributed by atoms with Crippen molar-refractivity contribution in [2.24, 2.45) is 11.7 Å². The van der Waals surface area contributed by atoms with E-state index in [0.717, 1.165) is 13.1 Å². The number of nitrogens with zero attached hydrogens (tertiary/aromatic N) is 1. The molecule has 2 nitrogen and oxygen atoms in total. The molecule has 0 amide bonds. The van der Waals surface area contributed by atoms with Gasteiger partial charge in [0.1, 0.15) is 0 Å². The molecule has 2 rings (SSSR count). The summed E-state index contributed by atoms with van der Waals surface area (Å²) >= 11 is 1.68. The minimum atomic E-state index is -4.06. The highest BCUT2D eigenvalue weighted by Crippen LogP contribution is 2.43. The molecule has 1 heterocycles. The summed E-state index contributed by atoms with van der Waals surface area (Å²) in [6.07, 6.45) is -2.60. The Morgan fingerprint density at radius 3 is 2.48 bits per heavy atom. The topological polar surface area (TPSA) is 29.3 Å². The van der Waals surface area contributed by atoms with Crippen LogP contribution in [0, 0.1) is 5.92 Å². The maximum absolute atomic E-state index is 12.8. The number of hydrogen-bond donors (Lipinski definition) is 1. The molecular weight excluding hydrogens is 297 g/mol. The van der Waals surface area contributed by atoms with E-state index in [1.54, 1.807) is 11.3 Å². The number of halogens is 3. The zero-order chi connectivity index (χ0) is 15.5. The summed E-state index contributed by atoms with van der Waals surface area (Å²) in [5, 5.41) is 2.03. The van der Waals surface area contributed by atoms with Crippen LogP contribution in [0.3, 0.4) is 0 Å². The highest BCUT2D eigenvalue weighted by atomic mass is 32.1. The molecule has 0 saturated heterocycles. The van der Waals surface area contributed by atoms with Gasteiger partial charge in [-0.1, -0.05) is 13.0 Å². The Bertz CT molecular complexity index is 423. The lowest BCUT2D eigenvalue weighted by atomic mass is 9.75. The number of hydrogen-bond acceptors (Lipinski definition) is 3. The Balaban J connectivity index is 2.07. The fourth-order valence-electron chi connectivity index (χ4n) is 3.34. The van der Waals surface area contributed by atoms with Crippen LogP contribution in [0.5, 0.6) is 0 Å². The predicted octanol–water partition coefficient (Wildman–Crippen LogP) is 4.02. The molecule has 0 radical (unpaired) electrons. The average Bonchev–Trinajstić information content (AvgIpc) is 2.97. The average molecular weight is 320 g/mol. The van der Waals surface area contributed by atoms with Gasteiger partial charge in [0.15, 0.2) is 0 Å². The first kappa shape index (κ1) is 16.8. The number of likely N-dealkylation sites (N-methyl/N-ethyl adjacent to an activating group) is 1. The van der Waals surface area contributed by atoms with Gasteiger partial charge in [-0.3, -0.25) is 4.90 Å². The van der Waals surface area contributed by atoms with Gasteiger partial charge in [0, 0.05) is 23.5 Å². The van der Waals surface area contributed by atoms with Crippen molar-refractivity contribution in [1.29, 1.82) is 0 Å². The molecule has 120 valence electrons. The van der Waals surface area contributed by atoms with Crippen molar-refractivity contribution < 1.29 is 13.2 Å². The van der Waals surface area contributed by atoms with E-state index in [4.69, 9.17) is 5.73 Å². The zero-order valence-electron chi connectivity index (χ0n) is 12.3. The number of alkyl halides is 3. The largest absolute Gasteiger partial charge is 0.391 e. The van der Waals surface area contributed by atoms with Crippen LogP contribution in [0.2, 0.25) is 0 Å². The summed E-state index contributed by atoms with van der Waals surface area (Å²) in [4.78, 5) is 3.51. The van der Waals surface area contributed by atoms with Crippen molar-refractivity contribution in [3.63, 3.8) is 0 Å². The number of thiophene rings is 1. The van der Waals surface area contributed by atoms with E-state index in [1.807, 2.05) is 11.4 Å². The lowest BCUT2D eigenvalue weighted by Crippen LogP contribution is -2.56. The normalized spacial score (nSPS) is 27.2. The van der Waals surface area contributed by atoms with E-state index in [1.165, 1.54) is 4.88 Å². The fraction of sp³-hybridized carbons (Fsp3) is 0.733. The third kappa shape index (κ3) is 3.79. The lowest BCUT2D eigenvalue weighted by molar-refractivity contribution is -0.188. The maximum Gasteiger partial charge on any atom is 0.391 e. The van der Waals surface area contributed by atoms with Crippen molar-refractivity contribution in [2.45, 2.75) is 50.9 Å². The van der Waals surface area contributed by atoms with Crippen LogP contribution in [0.15, 0.2) is 17.5 Å². The molecule has 0 unspecified atom stereocenters. The Hall–Kier alpha value is -0.590. The second-order valence-electron chi connectivity index (χ2n) is 5.84. The van der Waals surface area contributed by atoms with Crippen molar-refractivity contribution in [2.75, 3.05) is 13.1 Å². The molecule has 0 aliphatic heterocycles. The molecule has 2 N–H and O–H groups in total. The van der Waals surface area contributed by atoms with E-state index >= 15 is 0 Å². The van der Waals surface area contributed by atoms with Crippen LogP contribution in [0.25, 0.3) is 0 Å². The zero-order valence-corrected chi connectivity index (χ0v) is 13.1.